The average molecular weight is 329 g/mol. The Bertz CT molecular complexity index is 784. The van der Waals surface area contributed by atoms with E-state index in [0.717, 1.165) is 0 Å². The highest BCUT2D eigenvalue weighted by Crippen LogP contribution is 2.21. The third-order valence-electron chi connectivity index (χ3n) is 2.91. The third-order valence-corrected chi connectivity index (χ3v) is 2.91. The van der Waals surface area contributed by atoms with Crippen LogP contribution in [0.2, 0.25) is 0 Å². The molecule has 0 unspecified atom stereocenters. The van der Waals surface area contributed by atoms with Gasteiger partial charge in [0, 0.05) is 17.4 Å². The lowest BCUT2D eigenvalue weighted by molar-refractivity contribution is 0.0696. The molecule has 1 aromatic heterocycles. The second-order valence-electron chi connectivity index (χ2n) is 6.21. The summed E-state index contributed by atoms with van der Waals surface area (Å²) in [5.74, 6) is -1.21. The van der Waals surface area contributed by atoms with E-state index in [2.05, 4.69) is 20.6 Å². The summed E-state index contributed by atoms with van der Waals surface area (Å²) in [6.45, 7) is 5.84. The topological polar surface area (TPSA) is 130 Å². The molecule has 5 N–H and O–H groups in total. The molecule has 8 heteroatoms. The van der Waals surface area contributed by atoms with Crippen molar-refractivity contribution in [1.29, 1.82) is 0 Å². The van der Waals surface area contributed by atoms with Crippen molar-refractivity contribution >= 4 is 29.3 Å². The molecule has 0 saturated heterocycles. The minimum absolute atomic E-state index is 0.107. The highest BCUT2D eigenvalue weighted by Gasteiger charge is 2.16. The maximum Gasteiger partial charge on any atom is 0.335 e. The van der Waals surface area contributed by atoms with Crippen LogP contribution in [0.1, 0.15) is 41.5 Å². The van der Waals surface area contributed by atoms with Crippen LogP contribution in [-0.2, 0) is 0 Å². The Morgan fingerprint density at radius 3 is 2.54 bits per heavy atom. The van der Waals surface area contributed by atoms with Gasteiger partial charge in [-0.2, -0.15) is 4.98 Å². The Labute approximate surface area is 139 Å². The zero-order valence-corrected chi connectivity index (χ0v) is 13.6. The van der Waals surface area contributed by atoms with Crippen LogP contribution >= 0.6 is 0 Å². The summed E-state index contributed by atoms with van der Waals surface area (Å²) in [5, 5.41) is 15.1. The minimum Gasteiger partial charge on any atom is -0.478 e. The van der Waals surface area contributed by atoms with E-state index < -0.39 is 11.9 Å². The van der Waals surface area contributed by atoms with E-state index in [4.69, 9.17) is 10.8 Å². The fourth-order valence-electron chi connectivity index (χ4n) is 1.92. The zero-order chi connectivity index (χ0) is 17.9. The van der Waals surface area contributed by atoms with Gasteiger partial charge in [-0.3, -0.25) is 4.79 Å². The molecule has 2 aromatic rings. The monoisotopic (exact) mass is 329 g/mol. The van der Waals surface area contributed by atoms with E-state index in [0.29, 0.717) is 11.6 Å². The molecule has 0 spiro atoms. The van der Waals surface area contributed by atoms with Gasteiger partial charge in [0.15, 0.2) is 0 Å². The zero-order valence-electron chi connectivity index (χ0n) is 13.6. The first-order chi connectivity index (χ1) is 11.2. The molecule has 126 valence electrons. The number of aromatic carboxylic acids is 1. The number of carbonyl (C=O) groups excluding carboxylic acids is 1. The number of rotatable bonds is 5. The fourth-order valence-corrected chi connectivity index (χ4v) is 1.92. The number of carbonyl (C=O) groups is 2. The molecule has 0 atom stereocenters. The summed E-state index contributed by atoms with van der Waals surface area (Å²) < 4.78 is 0. The molecule has 0 saturated carbocycles. The molecular formula is C16H19N5O3. The number of nitrogens with zero attached hydrogens (tertiary/aromatic N) is 2. The number of primary amides is 1. The largest absolute Gasteiger partial charge is 0.478 e. The van der Waals surface area contributed by atoms with E-state index in [-0.39, 0.29) is 22.5 Å². The average Bonchev–Trinajstić information content (AvgIpc) is 2.45. The lowest BCUT2D eigenvalue weighted by atomic mass is 10.1. The number of hydrogen-bond acceptors (Lipinski definition) is 6. The minimum atomic E-state index is -1.05. The smallest absolute Gasteiger partial charge is 0.335 e. The predicted octanol–water partition coefficient (Wildman–Crippen LogP) is 2.23. The van der Waals surface area contributed by atoms with E-state index in [9.17, 15) is 9.59 Å². The third kappa shape index (κ3) is 4.42. The van der Waals surface area contributed by atoms with Crippen molar-refractivity contribution in [2.75, 3.05) is 10.6 Å². The molecule has 0 radical (unpaired) electrons. The van der Waals surface area contributed by atoms with E-state index in [1.165, 1.54) is 18.3 Å². The number of carboxylic acids is 1. The number of aromatic nitrogens is 2. The van der Waals surface area contributed by atoms with Gasteiger partial charge >= 0.3 is 5.97 Å². The highest BCUT2D eigenvalue weighted by molar-refractivity contribution is 5.98. The van der Waals surface area contributed by atoms with Gasteiger partial charge in [-0.25, -0.2) is 9.78 Å². The van der Waals surface area contributed by atoms with Gasteiger partial charge in [-0.05, 0) is 39.0 Å². The first-order valence-electron chi connectivity index (χ1n) is 7.21. The number of anilines is 3. The molecule has 1 aromatic carbocycles. The fraction of sp³-hybridized carbons (Fsp3) is 0.250. The summed E-state index contributed by atoms with van der Waals surface area (Å²) in [5.41, 5.74) is 5.77. The number of amides is 1. The quantitative estimate of drug-likeness (QED) is 0.661. The van der Waals surface area contributed by atoms with Crippen LogP contribution < -0.4 is 16.4 Å². The van der Waals surface area contributed by atoms with Crippen molar-refractivity contribution in [1.82, 2.24) is 9.97 Å². The summed E-state index contributed by atoms with van der Waals surface area (Å²) in [4.78, 5) is 31.0. The number of benzene rings is 1. The first kappa shape index (κ1) is 17.2. The van der Waals surface area contributed by atoms with Crippen LogP contribution in [0.4, 0.5) is 17.5 Å². The van der Waals surface area contributed by atoms with Crippen LogP contribution in [0.5, 0.6) is 0 Å². The predicted molar refractivity (Wildman–Crippen MR) is 90.6 cm³/mol. The molecule has 8 nitrogen and oxygen atoms in total. The molecule has 0 aliphatic rings. The van der Waals surface area contributed by atoms with Crippen LogP contribution in [0, 0.1) is 0 Å². The normalized spacial score (nSPS) is 11.0. The van der Waals surface area contributed by atoms with Gasteiger partial charge in [0.1, 0.15) is 11.4 Å². The Kier molecular flexibility index (Phi) is 4.68. The van der Waals surface area contributed by atoms with E-state index in [1.807, 2.05) is 20.8 Å². The Morgan fingerprint density at radius 1 is 1.25 bits per heavy atom. The molecule has 1 amide bonds. The molecule has 0 fully saturated rings. The Balaban J connectivity index is 2.39. The number of nitrogens with two attached hydrogens (primary N) is 1. The summed E-state index contributed by atoms with van der Waals surface area (Å²) >= 11 is 0. The van der Waals surface area contributed by atoms with Gasteiger partial charge in [0.2, 0.25) is 5.95 Å². The van der Waals surface area contributed by atoms with E-state index >= 15 is 0 Å². The molecular weight excluding hydrogens is 310 g/mol. The van der Waals surface area contributed by atoms with Gasteiger partial charge in [-0.15, -0.1) is 0 Å². The maximum atomic E-state index is 11.6. The van der Waals surface area contributed by atoms with Gasteiger partial charge in [0.05, 0.1) is 5.56 Å². The van der Waals surface area contributed by atoms with Gasteiger partial charge < -0.3 is 21.5 Å². The van der Waals surface area contributed by atoms with Crippen molar-refractivity contribution in [2.24, 2.45) is 5.73 Å². The standard InChI is InChI=1S/C16H19N5O3/c1-16(2,3)21-15-18-8-11(12(17)22)13(20-15)19-10-6-4-5-9(7-10)14(23)24/h4-8H,1-3H3,(H2,17,22)(H,23,24)(H2,18,19,20,21). The number of hydrogen-bond donors (Lipinski definition) is 4. The Morgan fingerprint density at radius 2 is 1.96 bits per heavy atom. The van der Waals surface area contributed by atoms with Crippen LogP contribution in [0.3, 0.4) is 0 Å². The molecule has 0 aliphatic heterocycles. The lowest BCUT2D eigenvalue weighted by Gasteiger charge is -2.21. The summed E-state index contributed by atoms with van der Waals surface area (Å²) in [6, 6.07) is 6.16. The lowest BCUT2D eigenvalue weighted by Crippen LogP contribution is -2.28. The van der Waals surface area contributed by atoms with Gasteiger partial charge in [0.25, 0.3) is 5.91 Å². The van der Waals surface area contributed by atoms with Crippen molar-refractivity contribution in [3.63, 3.8) is 0 Å². The maximum absolute atomic E-state index is 11.6. The highest BCUT2D eigenvalue weighted by atomic mass is 16.4. The molecule has 2 rings (SSSR count). The van der Waals surface area contributed by atoms with Gasteiger partial charge in [-0.1, -0.05) is 6.07 Å². The number of carboxylic acid groups (broad SMARTS) is 1. The van der Waals surface area contributed by atoms with Crippen molar-refractivity contribution in [2.45, 2.75) is 26.3 Å². The van der Waals surface area contributed by atoms with Crippen molar-refractivity contribution in [3.05, 3.63) is 41.6 Å². The first-order valence-corrected chi connectivity index (χ1v) is 7.21. The van der Waals surface area contributed by atoms with E-state index in [1.54, 1.807) is 12.1 Å². The Hall–Kier alpha value is -3.16. The summed E-state index contributed by atoms with van der Waals surface area (Å²) in [6.07, 6.45) is 1.33. The second kappa shape index (κ2) is 6.53. The van der Waals surface area contributed by atoms with Crippen molar-refractivity contribution in [3.8, 4) is 0 Å². The van der Waals surface area contributed by atoms with Crippen molar-refractivity contribution < 1.29 is 14.7 Å². The molecule has 0 bridgehead atoms. The van der Waals surface area contributed by atoms with Crippen LogP contribution in [0.15, 0.2) is 30.5 Å². The summed E-state index contributed by atoms with van der Waals surface area (Å²) in [7, 11) is 0. The van der Waals surface area contributed by atoms with Crippen LogP contribution in [-0.4, -0.2) is 32.5 Å². The molecule has 0 aliphatic carbocycles. The SMILES string of the molecule is CC(C)(C)Nc1ncc(C(N)=O)c(Nc2cccc(C(=O)O)c2)n1. The van der Waals surface area contributed by atoms with Crippen LogP contribution in [0.25, 0.3) is 0 Å². The second-order valence-corrected chi connectivity index (χ2v) is 6.21. The number of nitrogens with one attached hydrogen (secondary N) is 2. The molecule has 1 heterocycles. The molecule has 24 heavy (non-hydrogen) atoms.